The standard InChI is InChI=1S/C28H72N12P4/c1-25(2)41(33(10)11,34(12)13)30-42(29-27(6,7)24-26(3,4)5)31-43(35(14)15,36(16)17)39(22)28(8,9)40(23)44(32-42,37(18)19)38(20)21/h25H,24H2,1-23H3. The largest absolute Gasteiger partial charge is 0.305 e. The minimum Gasteiger partial charge on any atom is -0.264 e. The average Bonchev–Trinajstić information content (AvgIpc) is 2.79. The van der Waals surface area contributed by atoms with Gasteiger partial charge in [-0.05, 0) is 138 Å². The molecule has 0 unspecified atom stereocenters. The van der Waals surface area contributed by atoms with E-state index in [0.717, 1.165) is 6.42 Å². The Hall–Kier alpha value is 0.600. The van der Waals surface area contributed by atoms with Gasteiger partial charge in [0.15, 0.2) is 15.0 Å². The van der Waals surface area contributed by atoms with Gasteiger partial charge in [-0.3, -0.25) is 28.0 Å². The molecule has 0 bridgehead atoms. The molecule has 0 saturated carbocycles. The molecule has 0 aromatic rings. The lowest BCUT2D eigenvalue weighted by Crippen LogP contribution is -2.56. The fourth-order valence-corrected chi connectivity index (χ4v) is 27.0. The summed E-state index contributed by atoms with van der Waals surface area (Å²) >= 11 is 0. The van der Waals surface area contributed by atoms with Crippen molar-refractivity contribution in [1.82, 2.24) is 37.4 Å². The molecule has 0 radical (unpaired) electrons. The molecule has 0 fully saturated rings. The summed E-state index contributed by atoms with van der Waals surface area (Å²) in [5.41, 5.74) is -0.539. The molecule has 264 valence electrons. The fourth-order valence-electron chi connectivity index (χ4n) is 6.95. The smallest absolute Gasteiger partial charge is 0.264 e. The van der Waals surface area contributed by atoms with Gasteiger partial charge in [0.05, 0.1) is 11.2 Å². The maximum Gasteiger partial charge on any atom is 0.305 e. The van der Waals surface area contributed by atoms with Gasteiger partial charge in [-0.25, -0.2) is 14.1 Å². The van der Waals surface area contributed by atoms with E-state index in [9.17, 15) is 0 Å². The second kappa shape index (κ2) is 14.2. The highest BCUT2D eigenvalue weighted by Gasteiger charge is 2.52. The molecule has 0 spiro atoms. The summed E-state index contributed by atoms with van der Waals surface area (Å²) in [4.78, 5) is 0. The number of nitrogens with zero attached hydrogens (tertiary/aromatic N) is 12. The highest BCUT2D eigenvalue weighted by atomic mass is 31.3. The quantitative estimate of drug-likeness (QED) is 0.210. The summed E-state index contributed by atoms with van der Waals surface area (Å²) in [5, 5.41) is 0. The highest BCUT2D eigenvalue weighted by Crippen LogP contribution is 2.81. The van der Waals surface area contributed by atoms with Crippen molar-refractivity contribution in [3.63, 3.8) is 0 Å². The average molecular weight is 701 g/mol. The molecule has 1 rings (SSSR count). The Morgan fingerprint density at radius 1 is 0.682 bits per heavy atom. The van der Waals surface area contributed by atoms with Crippen LogP contribution in [0.5, 0.6) is 0 Å². The zero-order valence-corrected chi connectivity index (χ0v) is 36.5. The van der Waals surface area contributed by atoms with Crippen LogP contribution in [0.25, 0.3) is 0 Å². The third-order valence-electron chi connectivity index (χ3n) is 8.51. The van der Waals surface area contributed by atoms with E-state index in [1.807, 2.05) is 0 Å². The number of hydrogen-bond acceptors (Lipinski definition) is 7. The minimum atomic E-state index is -3.23. The molecule has 0 aliphatic carbocycles. The van der Waals surface area contributed by atoms with Crippen LogP contribution in [0.1, 0.15) is 68.7 Å². The van der Waals surface area contributed by atoms with Crippen LogP contribution in [0.4, 0.5) is 0 Å². The van der Waals surface area contributed by atoms with E-state index in [1.54, 1.807) is 0 Å². The van der Waals surface area contributed by atoms with E-state index in [0.29, 0.717) is 0 Å². The molecule has 16 heteroatoms. The third kappa shape index (κ3) is 7.90. The van der Waals surface area contributed by atoms with E-state index in [1.165, 1.54) is 0 Å². The van der Waals surface area contributed by atoms with Crippen LogP contribution < -0.4 is 0 Å². The lowest BCUT2D eigenvalue weighted by Gasteiger charge is -2.58. The molecule has 0 aromatic heterocycles. The summed E-state index contributed by atoms with van der Waals surface area (Å²) in [5.74, 6) is 0. The Morgan fingerprint density at radius 3 is 1.23 bits per heavy atom. The van der Waals surface area contributed by atoms with Gasteiger partial charge < -0.3 is 0 Å². The molecule has 0 atom stereocenters. The molecule has 0 N–H and O–H groups in total. The van der Waals surface area contributed by atoms with Crippen molar-refractivity contribution in [2.75, 3.05) is 98.7 Å². The van der Waals surface area contributed by atoms with E-state index in [2.05, 4.69) is 198 Å². The van der Waals surface area contributed by atoms with Crippen LogP contribution in [-0.2, 0) is 0 Å². The van der Waals surface area contributed by atoms with Crippen LogP contribution in [-0.4, -0.2) is 153 Å². The molecule has 44 heavy (non-hydrogen) atoms. The van der Waals surface area contributed by atoms with E-state index >= 15 is 0 Å². The first-order valence-electron chi connectivity index (χ1n) is 15.6. The molecule has 12 nitrogen and oxygen atoms in total. The highest BCUT2D eigenvalue weighted by molar-refractivity contribution is 7.81. The van der Waals surface area contributed by atoms with Crippen molar-refractivity contribution >= 4 is 29.9 Å². The molecule has 1 aliphatic rings. The van der Waals surface area contributed by atoms with E-state index < -0.39 is 41.1 Å². The van der Waals surface area contributed by atoms with Gasteiger partial charge in [0, 0.05) is 5.66 Å². The van der Waals surface area contributed by atoms with Gasteiger partial charge in [0.2, 0.25) is 0 Å². The maximum absolute atomic E-state index is 6.14. The summed E-state index contributed by atoms with van der Waals surface area (Å²) in [6, 6.07) is 0. The Kier molecular flexibility index (Phi) is 13.8. The first kappa shape index (κ1) is 42.6. The Morgan fingerprint density at radius 2 is 1.00 bits per heavy atom. The number of hydrogen-bond donors (Lipinski definition) is 0. The van der Waals surface area contributed by atoms with Gasteiger partial charge >= 0.3 is 7.51 Å². The summed E-state index contributed by atoms with van der Waals surface area (Å²) in [7, 11) is 19.6. The molecule has 0 saturated heterocycles. The van der Waals surface area contributed by atoms with E-state index in [4.69, 9.17) is 18.3 Å². The monoisotopic (exact) mass is 700 g/mol. The molecular formula is C28H72N12P4. The van der Waals surface area contributed by atoms with Gasteiger partial charge in [-0.1, -0.05) is 34.6 Å². The lowest BCUT2D eigenvalue weighted by molar-refractivity contribution is 0.115. The number of rotatable bonds is 10. The van der Waals surface area contributed by atoms with Crippen molar-refractivity contribution in [2.45, 2.75) is 85.6 Å². The predicted octanol–water partition coefficient (Wildman–Crippen LogP) is 8.46. The van der Waals surface area contributed by atoms with Crippen molar-refractivity contribution < 1.29 is 0 Å². The van der Waals surface area contributed by atoms with Crippen LogP contribution >= 0.6 is 29.9 Å². The maximum atomic E-state index is 6.14. The SMILES string of the molecule is CC(C)P(=NP1(=NC(C)(C)CC(C)(C)C)N=P(N(C)C)(N(C)C)N(C)C(C)(C)N(C)P(N(C)C)(N(C)C)=N1)(N(C)C)N(C)C. The minimum absolute atomic E-state index is 0.0628. The first-order valence-corrected chi connectivity index (χ1v) is 22.1. The predicted molar refractivity (Wildman–Crippen MR) is 202 cm³/mol. The normalized spacial score (nSPS) is 21.7. The van der Waals surface area contributed by atoms with Crippen LogP contribution in [0.3, 0.4) is 0 Å². The van der Waals surface area contributed by atoms with Crippen LogP contribution in [0, 0.1) is 5.41 Å². The molecule has 0 aromatic carbocycles. The van der Waals surface area contributed by atoms with E-state index in [-0.39, 0.29) is 11.1 Å². The molecular weight excluding hydrogens is 628 g/mol. The Labute approximate surface area is 274 Å². The van der Waals surface area contributed by atoms with Crippen LogP contribution in [0.15, 0.2) is 18.3 Å². The first-order chi connectivity index (χ1) is 19.4. The Bertz CT molecular complexity index is 1120. The summed E-state index contributed by atoms with van der Waals surface area (Å²) < 4.78 is 43.2. The van der Waals surface area contributed by atoms with Crippen molar-refractivity contribution in [1.29, 1.82) is 0 Å². The van der Waals surface area contributed by atoms with Gasteiger partial charge in [-0.2, -0.15) is 13.5 Å². The van der Waals surface area contributed by atoms with Crippen molar-refractivity contribution in [3.05, 3.63) is 0 Å². The lowest BCUT2D eigenvalue weighted by atomic mass is 9.82. The molecule has 1 aliphatic heterocycles. The van der Waals surface area contributed by atoms with Crippen molar-refractivity contribution in [2.24, 2.45) is 23.7 Å². The van der Waals surface area contributed by atoms with Crippen LogP contribution in [0.2, 0.25) is 0 Å². The second-order valence-electron chi connectivity index (χ2n) is 15.9. The fraction of sp³-hybridized carbons (Fsp3) is 1.00. The summed E-state index contributed by atoms with van der Waals surface area (Å²) in [6.07, 6.45) is 0.890. The molecule has 1 heterocycles. The third-order valence-corrected chi connectivity index (χ3v) is 25.8. The topological polar surface area (TPSA) is 75.4 Å². The zero-order valence-electron chi connectivity index (χ0n) is 32.9. The molecule has 0 amide bonds. The Balaban J connectivity index is 5.26. The summed E-state index contributed by atoms with van der Waals surface area (Å²) in [6.45, 7) is 20.6. The van der Waals surface area contributed by atoms with Gasteiger partial charge in [0.1, 0.15) is 7.36 Å². The van der Waals surface area contributed by atoms with Gasteiger partial charge in [0.25, 0.3) is 0 Å². The van der Waals surface area contributed by atoms with Gasteiger partial charge in [-0.15, -0.1) is 0 Å². The van der Waals surface area contributed by atoms with Crippen molar-refractivity contribution in [3.8, 4) is 0 Å². The second-order valence-corrected chi connectivity index (χ2v) is 29.7. The zero-order chi connectivity index (χ0) is 35.2.